The van der Waals surface area contributed by atoms with E-state index < -0.39 is 18.0 Å². The number of anilines is 1. The maximum absolute atomic E-state index is 12.4. The minimum Gasteiger partial charge on any atom is -0.404 e. The molecule has 0 aliphatic carbocycles. The van der Waals surface area contributed by atoms with Crippen LogP contribution in [-0.4, -0.2) is 12.3 Å². The monoisotopic (exact) mass is 309 g/mol. The molecule has 1 amide bonds. The quantitative estimate of drug-likeness (QED) is 0.909. The van der Waals surface area contributed by atoms with E-state index in [1.165, 1.54) is 18.2 Å². The largest absolute Gasteiger partial charge is 0.573 e. The SMILES string of the molecule is Cc1ccc(C(=O)Nc2ccccc2OC(F)(F)F)c(C)c1. The van der Waals surface area contributed by atoms with Crippen LogP contribution in [0.5, 0.6) is 5.75 Å². The van der Waals surface area contributed by atoms with Crippen molar-refractivity contribution in [3.05, 3.63) is 59.2 Å². The highest BCUT2D eigenvalue weighted by Crippen LogP contribution is 2.30. The number of amides is 1. The number of alkyl halides is 3. The molecule has 0 bridgehead atoms. The Morgan fingerprint density at radius 2 is 1.77 bits per heavy atom. The van der Waals surface area contributed by atoms with Gasteiger partial charge >= 0.3 is 6.36 Å². The van der Waals surface area contributed by atoms with Gasteiger partial charge in [-0.25, -0.2) is 0 Å². The number of halogens is 3. The number of carbonyl (C=O) groups is 1. The number of nitrogens with one attached hydrogen (secondary N) is 1. The van der Waals surface area contributed by atoms with Crippen molar-refractivity contribution in [2.24, 2.45) is 0 Å². The molecule has 0 radical (unpaired) electrons. The molecule has 1 N–H and O–H groups in total. The van der Waals surface area contributed by atoms with Crippen molar-refractivity contribution in [2.45, 2.75) is 20.2 Å². The summed E-state index contributed by atoms with van der Waals surface area (Å²) in [6, 6.07) is 10.6. The fraction of sp³-hybridized carbons (Fsp3) is 0.188. The summed E-state index contributed by atoms with van der Waals surface area (Å²) < 4.78 is 41.0. The zero-order valence-corrected chi connectivity index (χ0v) is 12.0. The van der Waals surface area contributed by atoms with Gasteiger partial charge in [0.05, 0.1) is 5.69 Å². The highest BCUT2D eigenvalue weighted by atomic mass is 19.4. The summed E-state index contributed by atoms with van der Waals surface area (Å²) in [5, 5.41) is 2.45. The van der Waals surface area contributed by atoms with Gasteiger partial charge in [0.1, 0.15) is 0 Å². The van der Waals surface area contributed by atoms with Gasteiger partial charge in [0.15, 0.2) is 5.75 Å². The van der Waals surface area contributed by atoms with Crippen LogP contribution in [0.1, 0.15) is 21.5 Å². The summed E-state index contributed by atoms with van der Waals surface area (Å²) in [7, 11) is 0. The Labute approximate surface area is 125 Å². The molecule has 0 aromatic heterocycles. The maximum Gasteiger partial charge on any atom is 0.573 e. The topological polar surface area (TPSA) is 38.3 Å². The lowest BCUT2D eigenvalue weighted by Gasteiger charge is -2.14. The lowest BCUT2D eigenvalue weighted by atomic mass is 10.1. The van der Waals surface area contributed by atoms with Gasteiger partial charge in [-0.05, 0) is 37.6 Å². The first-order valence-corrected chi connectivity index (χ1v) is 6.49. The number of hydrogen-bond acceptors (Lipinski definition) is 2. The molecule has 0 heterocycles. The standard InChI is InChI=1S/C16H14F3NO2/c1-10-7-8-12(11(2)9-10)15(21)20-13-5-3-4-6-14(13)22-16(17,18)19/h3-9H,1-2H3,(H,20,21). The van der Waals surface area contributed by atoms with E-state index >= 15 is 0 Å². The number of hydrogen-bond donors (Lipinski definition) is 1. The van der Waals surface area contributed by atoms with Crippen molar-refractivity contribution in [3.63, 3.8) is 0 Å². The van der Waals surface area contributed by atoms with E-state index in [1.54, 1.807) is 19.1 Å². The molecule has 22 heavy (non-hydrogen) atoms. The first kappa shape index (κ1) is 15.9. The Morgan fingerprint density at radius 3 is 2.41 bits per heavy atom. The van der Waals surface area contributed by atoms with Crippen LogP contribution in [0.4, 0.5) is 18.9 Å². The zero-order chi connectivity index (χ0) is 16.3. The maximum atomic E-state index is 12.4. The van der Waals surface area contributed by atoms with Crippen LogP contribution in [0.2, 0.25) is 0 Å². The van der Waals surface area contributed by atoms with Gasteiger partial charge in [-0.3, -0.25) is 4.79 Å². The van der Waals surface area contributed by atoms with E-state index in [0.29, 0.717) is 5.56 Å². The molecule has 2 aromatic rings. The minimum absolute atomic E-state index is 0.0372. The second kappa shape index (κ2) is 6.09. The third-order valence-corrected chi connectivity index (χ3v) is 2.99. The Morgan fingerprint density at radius 1 is 1.09 bits per heavy atom. The Hall–Kier alpha value is -2.50. The van der Waals surface area contributed by atoms with Gasteiger partial charge in [0.2, 0.25) is 0 Å². The van der Waals surface area contributed by atoms with Crippen molar-refractivity contribution < 1.29 is 22.7 Å². The van der Waals surface area contributed by atoms with Crippen LogP contribution < -0.4 is 10.1 Å². The highest BCUT2D eigenvalue weighted by Gasteiger charge is 2.32. The first-order chi connectivity index (χ1) is 10.3. The van der Waals surface area contributed by atoms with Crippen molar-refractivity contribution >= 4 is 11.6 Å². The lowest BCUT2D eigenvalue weighted by molar-refractivity contribution is -0.274. The Bertz CT molecular complexity index is 696. The summed E-state index contributed by atoms with van der Waals surface area (Å²) in [5.74, 6) is -0.941. The lowest BCUT2D eigenvalue weighted by Crippen LogP contribution is -2.20. The van der Waals surface area contributed by atoms with Gasteiger partial charge in [-0.2, -0.15) is 0 Å². The molecule has 2 rings (SSSR count). The number of benzene rings is 2. The molecule has 2 aromatic carbocycles. The number of ether oxygens (including phenoxy) is 1. The summed E-state index contributed by atoms with van der Waals surface area (Å²) >= 11 is 0. The molecule has 0 aliphatic rings. The van der Waals surface area contributed by atoms with Crippen molar-refractivity contribution in [3.8, 4) is 5.75 Å². The molecule has 0 atom stereocenters. The van der Waals surface area contributed by atoms with E-state index in [-0.39, 0.29) is 5.69 Å². The second-order valence-electron chi connectivity index (χ2n) is 4.82. The van der Waals surface area contributed by atoms with Gasteiger partial charge in [-0.15, -0.1) is 13.2 Å². The Balaban J connectivity index is 2.25. The van der Waals surface area contributed by atoms with Crippen molar-refractivity contribution in [1.82, 2.24) is 0 Å². The number of aryl methyl sites for hydroxylation is 2. The molecule has 0 saturated carbocycles. The van der Waals surface area contributed by atoms with E-state index in [0.717, 1.165) is 17.2 Å². The van der Waals surface area contributed by atoms with E-state index in [1.807, 2.05) is 13.0 Å². The fourth-order valence-corrected chi connectivity index (χ4v) is 2.04. The van der Waals surface area contributed by atoms with Gasteiger partial charge in [0, 0.05) is 5.56 Å². The van der Waals surface area contributed by atoms with Crippen LogP contribution >= 0.6 is 0 Å². The molecule has 0 aliphatic heterocycles. The highest BCUT2D eigenvalue weighted by molar-refractivity contribution is 6.06. The number of carbonyl (C=O) groups excluding carboxylic acids is 1. The number of rotatable bonds is 3. The average molecular weight is 309 g/mol. The zero-order valence-electron chi connectivity index (χ0n) is 12.0. The molecule has 3 nitrogen and oxygen atoms in total. The molecular formula is C16H14F3NO2. The van der Waals surface area contributed by atoms with E-state index in [2.05, 4.69) is 10.1 Å². The third-order valence-electron chi connectivity index (χ3n) is 2.99. The summed E-state index contributed by atoms with van der Waals surface area (Å²) in [4.78, 5) is 12.2. The molecular weight excluding hydrogens is 295 g/mol. The third kappa shape index (κ3) is 4.00. The molecule has 116 valence electrons. The minimum atomic E-state index is -4.82. The van der Waals surface area contributed by atoms with Crippen LogP contribution in [0.15, 0.2) is 42.5 Å². The van der Waals surface area contributed by atoms with Crippen LogP contribution in [0, 0.1) is 13.8 Å². The summed E-state index contributed by atoms with van der Waals surface area (Å²) in [6.45, 7) is 3.65. The van der Waals surface area contributed by atoms with Crippen LogP contribution in [0.25, 0.3) is 0 Å². The smallest absolute Gasteiger partial charge is 0.404 e. The second-order valence-corrected chi connectivity index (χ2v) is 4.82. The van der Waals surface area contributed by atoms with Crippen molar-refractivity contribution in [1.29, 1.82) is 0 Å². The van der Waals surface area contributed by atoms with Gasteiger partial charge in [-0.1, -0.05) is 29.8 Å². The Kier molecular flexibility index (Phi) is 4.40. The summed E-state index contributed by atoms with van der Waals surface area (Å²) in [6.07, 6.45) is -4.82. The predicted octanol–water partition coefficient (Wildman–Crippen LogP) is 4.45. The number of para-hydroxylation sites is 2. The van der Waals surface area contributed by atoms with E-state index in [9.17, 15) is 18.0 Å². The average Bonchev–Trinajstić information content (AvgIpc) is 2.39. The van der Waals surface area contributed by atoms with Crippen molar-refractivity contribution in [2.75, 3.05) is 5.32 Å². The van der Waals surface area contributed by atoms with E-state index in [4.69, 9.17) is 0 Å². The predicted molar refractivity (Wildman–Crippen MR) is 77.0 cm³/mol. The fourth-order valence-electron chi connectivity index (χ4n) is 2.04. The summed E-state index contributed by atoms with van der Waals surface area (Å²) in [5.41, 5.74) is 2.10. The molecule has 6 heteroatoms. The molecule has 0 spiro atoms. The van der Waals surface area contributed by atoms with Gasteiger partial charge < -0.3 is 10.1 Å². The first-order valence-electron chi connectivity index (χ1n) is 6.49. The normalized spacial score (nSPS) is 11.1. The molecule has 0 fully saturated rings. The molecule has 0 unspecified atom stereocenters. The molecule has 0 saturated heterocycles. The van der Waals surface area contributed by atoms with Crippen LogP contribution in [0.3, 0.4) is 0 Å². The van der Waals surface area contributed by atoms with Crippen LogP contribution in [-0.2, 0) is 0 Å². The van der Waals surface area contributed by atoms with Gasteiger partial charge in [0.25, 0.3) is 5.91 Å².